The molecule has 1 saturated heterocycles. The van der Waals surface area contributed by atoms with Crippen molar-refractivity contribution in [3.63, 3.8) is 0 Å². The number of halogens is 1. The van der Waals surface area contributed by atoms with Crippen molar-refractivity contribution in [3.8, 4) is 11.3 Å². The minimum absolute atomic E-state index is 0.0380. The standard InChI is InChI=1S/C25H31FN4O4/c1-25(2,3)34-23(32)16-7-9-18(10-8-16)28-24-27-14-20(26)22(29-24)17-5-4-6-19(13-17)30-11-12-33-15-21(30)31/h4-6,13-14,16,18H,7-12,15H2,1-3H3,(H,27,28,29). The number of carbonyl (C=O) groups excluding carboxylic acids is 2. The van der Waals surface area contributed by atoms with Gasteiger partial charge in [0.2, 0.25) is 5.95 Å². The molecule has 0 radical (unpaired) electrons. The summed E-state index contributed by atoms with van der Waals surface area (Å²) in [5, 5.41) is 3.29. The molecule has 4 rings (SSSR count). The van der Waals surface area contributed by atoms with E-state index in [-0.39, 0.29) is 36.1 Å². The predicted molar refractivity (Wildman–Crippen MR) is 126 cm³/mol. The molecule has 34 heavy (non-hydrogen) atoms. The van der Waals surface area contributed by atoms with E-state index < -0.39 is 11.4 Å². The van der Waals surface area contributed by atoms with Gasteiger partial charge in [-0.2, -0.15) is 0 Å². The third-order valence-electron chi connectivity index (χ3n) is 5.96. The highest BCUT2D eigenvalue weighted by molar-refractivity contribution is 5.95. The molecule has 2 fully saturated rings. The Balaban J connectivity index is 1.43. The van der Waals surface area contributed by atoms with E-state index in [9.17, 15) is 14.0 Å². The number of nitrogens with zero attached hydrogens (tertiary/aromatic N) is 3. The zero-order valence-electron chi connectivity index (χ0n) is 19.8. The molecule has 1 aromatic heterocycles. The van der Waals surface area contributed by atoms with E-state index in [0.717, 1.165) is 31.9 Å². The van der Waals surface area contributed by atoms with Crippen molar-refractivity contribution in [2.24, 2.45) is 5.92 Å². The first kappa shape index (κ1) is 24.1. The molecule has 0 spiro atoms. The average Bonchev–Trinajstić information content (AvgIpc) is 2.80. The maximum Gasteiger partial charge on any atom is 0.309 e. The Morgan fingerprint density at radius 1 is 1.24 bits per heavy atom. The van der Waals surface area contributed by atoms with Crippen molar-refractivity contribution in [2.75, 3.05) is 30.0 Å². The molecular weight excluding hydrogens is 439 g/mol. The van der Waals surface area contributed by atoms with Crippen molar-refractivity contribution in [3.05, 3.63) is 36.3 Å². The third kappa shape index (κ3) is 5.88. The zero-order valence-corrected chi connectivity index (χ0v) is 19.8. The van der Waals surface area contributed by atoms with Crippen molar-refractivity contribution in [1.29, 1.82) is 0 Å². The molecule has 0 bridgehead atoms. The minimum atomic E-state index is -0.537. The van der Waals surface area contributed by atoms with Gasteiger partial charge in [0.1, 0.15) is 17.9 Å². The maximum absolute atomic E-state index is 14.7. The molecule has 1 saturated carbocycles. The van der Waals surface area contributed by atoms with Crippen LogP contribution in [0.4, 0.5) is 16.0 Å². The van der Waals surface area contributed by atoms with Crippen LogP contribution in [0.1, 0.15) is 46.5 Å². The molecule has 2 heterocycles. The number of nitrogens with one attached hydrogen (secondary N) is 1. The van der Waals surface area contributed by atoms with Crippen LogP contribution in [0, 0.1) is 11.7 Å². The summed E-state index contributed by atoms with van der Waals surface area (Å²) in [6.45, 7) is 6.56. The minimum Gasteiger partial charge on any atom is -0.460 e. The normalized spacial score (nSPS) is 21.3. The summed E-state index contributed by atoms with van der Waals surface area (Å²) in [5.74, 6) is -0.581. The van der Waals surface area contributed by atoms with Crippen LogP contribution in [-0.2, 0) is 19.1 Å². The molecule has 1 N–H and O–H groups in total. The highest BCUT2D eigenvalue weighted by atomic mass is 19.1. The summed E-state index contributed by atoms with van der Waals surface area (Å²) >= 11 is 0. The molecule has 182 valence electrons. The number of benzene rings is 1. The van der Waals surface area contributed by atoms with E-state index in [0.29, 0.717) is 30.4 Å². The summed E-state index contributed by atoms with van der Waals surface area (Å²) in [7, 11) is 0. The Hall–Kier alpha value is -3.07. The van der Waals surface area contributed by atoms with E-state index in [1.807, 2.05) is 26.8 Å². The smallest absolute Gasteiger partial charge is 0.309 e. The number of morpholine rings is 1. The van der Waals surface area contributed by atoms with Crippen LogP contribution < -0.4 is 10.2 Å². The van der Waals surface area contributed by atoms with Gasteiger partial charge in [-0.25, -0.2) is 14.4 Å². The lowest BCUT2D eigenvalue weighted by Crippen LogP contribution is -2.41. The molecule has 1 aliphatic carbocycles. The van der Waals surface area contributed by atoms with Crippen molar-refractivity contribution in [2.45, 2.75) is 58.1 Å². The van der Waals surface area contributed by atoms with Crippen molar-refractivity contribution in [1.82, 2.24) is 9.97 Å². The quantitative estimate of drug-likeness (QED) is 0.661. The topological polar surface area (TPSA) is 93.6 Å². The Bertz CT molecular complexity index is 1050. The van der Waals surface area contributed by atoms with Crippen LogP contribution in [-0.4, -0.2) is 53.2 Å². The van der Waals surface area contributed by atoms with Crippen LogP contribution in [0.5, 0.6) is 0 Å². The molecule has 1 amide bonds. The lowest BCUT2D eigenvalue weighted by molar-refractivity contribution is -0.161. The van der Waals surface area contributed by atoms with Crippen LogP contribution in [0.25, 0.3) is 11.3 Å². The molecule has 8 nitrogen and oxygen atoms in total. The summed E-state index contributed by atoms with van der Waals surface area (Å²) in [6.07, 6.45) is 4.14. The van der Waals surface area contributed by atoms with E-state index in [1.54, 1.807) is 23.1 Å². The molecule has 1 aromatic carbocycles. The SMILES string of the molecule is CC(C)(C)OC(=O)C1CCC(Nc2ncc(F)c(-c3cccc(N4CCOCC4=O)c3)n2)CC1. The van der Waals surface area contributed by atoms with Gasteiger partial charge in [0.15, 0.2) is 5.82 Å². The highest BCUT2D eigenvalue weighted by Gasteiger charge is 2.30. The average molecular weight is 471 g/mol. The lowest BCUT2D eigenvalue weighted by atomic mass is 9.86. The molecular formula is C25H31FN4O4. The molecule has 2 aliphatic rings. The summed E-state index contributed by atoms with van der Waals surface area (Å²) < 4.78 is 25.4. The Labute approximate surface area is 198 Å². The molecule has 0 atom stereocenters. The van der Waals surface area contributed by atoms with Crippen molar-refractivity contribution >= 4 is 23.5 Å². The van der Waals surface area contributed by atoms with Gasteiger partial charge in [0, 0.05) is 23.8 Å². The largest absolute Gasteiger partial charge is 0.460 e. The first-order chi connectivity index (χ1) is 16.2. The number of ether oxygens (including phenoxy) is 2. The van der Waals surface area contributed by atoms with Crippen LogP contribution in [0.15, 0.2) is 30.5 Å². The summed E-state index contributed by atoms with van der Waals surface area (Å²) in [4.78, 5) is 34.7. The number of anilines is 2. The highest BCUT2D eigenvalue weighted by Crippen LogP contribution is 2.30. The second kappa shape index (κ2) is 10.0. The molecule has 2 aromatic rings. The van der Waals surface area contributed by atoms with Crippen molar-refractivity contribution < 1.29 is 23.5 Å². The zero-order chi connectivity index (χ0) is 24.3. The summed E-state index contributed by atoms with van der Waals surface area (Å²) in [6, 6.07) is 7.20. The van der Waals surface area contributed by atoms with Gasteiger partial charge in [0.05, 0.1) is 18.7 Å². The predicted octanol–water partition coefficient (Wildman–Crippen LogP) is 3.96. The first-order valence-corrected chi connectivity index (χ1v) is 11.7. The molecule has 9 heteroatoms. The van der Waals surface area contributed by atoms with E-state index in [1.165, 1.54) is 0 Å². The van der Waals surface area contributed by atoms with Gasteiger partial charge < -0.3 is 19.7 Å². The fraction of sp³-hybridized carbons (Fsp3) is 0.520. The molecule has 1 aliphatic heterocycles. The number of hydrogen-bond donors (Lipinski definition) is 1. The van der Waals surface area contributed by atoms with Crippen LogP contribution in [0.3, 0.4) is 0 Å². The third-order valence-corrected chi connectivity index (χ3v) is 5.96. The van der Waals surface area contributed by atoms with Gasteiger partial charge in [0.25, 0.3) is 5.91 Å². The number of esters is 1. The Morgan fingerprint density at radius 3 is 2.71 bits per heavy atom. The van der Waals surface area contributed by atoms with Crippen LogP contribution >= 0.6 is 0 Å². The van der Waals surface area contributed by atoms with Crippen LogP contribution in [0.2, 0.25) is 0 Å². The maximum atomic E-state index is 14.7. The van der Waals surface area contributed by atoms with E-state index >= 15 is 0 Å². The van der Waals surface area contributed by atoms with E-state index in [4.69, 9.17) is 9.47 Å². The fourth-order valence-electron chi connectivity index (χ4n) is 4.29. The second-order valence-corrected chi connectivity index (χ2v) is 9.76. The Morgan fingerprint density at radius 2 is 2.00 bits per heavy atom. The van der Waals surface area contributed by atoms with Gasteiger partial charge in [-0.3, -0.25) is 9.59 Å². The van der Waals surface area contributed by atoms with Gasteiger partial charge in [-0.15, -0.1) is 0 Å². The number of carbonyl (C=O) groups is 2. The Kier molecular flexibility index (Phi) is 7.11. The van der Waals surface area contributed by atoms with Gasteiger partial charge in [-0.1, -0.05) is 12.1 Å². The second-order valence-electron chi connectivity index (χ2n) is 9.76. The summed E-state index contributed by atoms with van der Waals surface area (Å²) in [5.41, 5.74) is 0.923. The lowest BCUT2D eigenvalue weighted by Gasteiger charge is -2.30. The number of hydrogen-bond acceptors (Lipinski definition) is 7. The molecule has 0 unspecified atom stereocenters. The fourth-order valence-corrected chi connectivity index (χ4v) is 4.29. The first-order valence-electron chi connectivity index (χ1n) is 11.7. The van der Waals surface area contributed by atoms with E-state index in [2.05, 4.69) is 15.3 Å². The van der Waals surface area contributed by atoms with Gasteiger partial charge >= 0.3 is 5.97 Å². The van der Waals surface area contributed by atoms with Gasteiger partial charge in [-0.05, 0) is 58.6 Å². The number of aromatic nitrogens is 2. The monoisotopic (exact) mass is 470 g/mol. The number of rotatable bonds is 5. The number of amides is 1.